The van der Waals surface area contributed by atoms with E-state index in [9.17, 15) is 0 Å². The van der Waals surface area contributed by atoms with E-state index < -0.39 is 0 Å². The van der Waals surface area contributed by atoms with Crippen LogP contribution in [0.1, 0.15) is 19.4 Å². The largest absolute Gasteiger partial charge is 0.366 e. The van der Waals surface area contributed by atoms with Crippen molar-refractivity contribution in [2.75, 3.05) is 5.32 Å². The van der Waals surface area contributed by atoms with Gasteiger partial charge >= 0.3 is 0 Å². The van der Waals surface area contributed by atoms with Crippen LogP contribution in [0.3, 0.4) is 0 Å². The Morgan fingerprint density at radius 2 is 1.89 bits per heavy atom. The molecule has 0 unspecified atom stereocenters. The van der Waals surface area contributed by atoms with Gasteiger partial charge in [-0.05, 0) is 50.6 Å². The molecule has 2 rings (SSSR count). The Hall–Kier alpha value is -1.42. The molecule has 4 heteroatoms. The lowest BCUT2D eigenvalue weighted by Crippen LogP contribution is -2.11. The predicted molar refractivity (Wildman–Crippen MR) is 78.7 cm³/mol. The minimum atomic E-state index is 0.361. The summed E-state index contributed by atoms with van der Waals surface area (Å²) in [5, 5.41) is 11.7. The predicted octanol–water partition coefficient (Wildman–Crippen LogP) is 4.03. The number of hydrogen-bond donors (Lipinski definition) is 1. The Kier molecular flexibility index (Phi) is 3.97. The molecule has 0 spiro atoms. The average molecular weight is 306 g/mol. The molecule has 0 aliphatic rings. The fourth-order valence-corrected chi connectivity index (χ4v) is 2.24. The van der Waals surface area contributed by atoms with Crippen LogP contribution in [0.25, 0.3) is 11.3 Å². The summed E-state index contributed by atoms with van der Waals surface area (Å²) in [5.74, 6) is 0.809. The van der Waals surface area contributed by atoms with Crippen LogP contribution < -0.4 is 5.32 Å². The van der Waals surface area contributed by atoms with E-state index in [0.29, 0.717) is 6.04 Å². The van der Waals surface area contributed by atoms with Gasteiger partial charge in [0.2, 0.25) is 0 Å². The normalized spacial score (nSPS) is 10.7. The number of rotatable bonds is 3. The van der Waals surface area contributed by atoms with Crippen molar-refractivity contribution in [1.29, 1.82) is 0 Å². The molecule has 0 amide bonds. The highest BCUT2D eigenvalue weighted by molar-refractivity contribution is 9.10. The van der Waals surface area contributed by atoms with Crippen LogP contribution in [0.4, 0.5) is 5.82 Å². The number of nitrogens with one attached hydrogen (secondary N) is 1. The van der Waals surface area contributed by atoms with Gasteiger partial charge in [0.1, 0.15) is 5.82 Å². The Labute approximate surface area is 116 Å². The maximum atomic E-state index is 4.26. The molecule has 0 aliphatic carbocycles. The summed E-state index contributed by atoms with van der Waals surface area (Å²) in [6.45, 7) is 6.23. The van der Waals surface area contributed by atoms with Gasteiger partial charge < -0.3 is 5.32 Å². The summed E-state index contributed by atoms with van der Waals surface area (Å²) in [6.07, 6.45) is 0. The number of anilines is 1. The maximum Gasteiger partial charge on any atom is 0.148 e. The van der Waals surface area contributed by atoms with Gasteiger partial charge in [-0.25, -0.2) is 0 Å². The lowest BCUT2D eigenvalue weighted by molar-refractivity contribution is 0.874. The van der Waals surface area contributed by atoms with Crippen LogP contribution in [-0.4, -0.2) is 16.2 Å². The maximum absolute atomic E-state index is 4.26. The van der Waals surface area contributed by atoms with Gasteiger partial charge in [0, 0.05) is 16.1 Å². The zero-order chi connectivity index (χ0) is 13.1. The van der Waals surface area contributed by atoms with Gasteiger partial charge in [0.15, 0.2) is 0 Å². The minimum Gasteiger partial charge on any atom is -0.366 e. The molecule has 0 saturated heterocycles. The molecule has 3 nitrogen and oxygen atoms in total. The summed E-state index contributed by atoms with van der Waals surface area (Å²) in [7, 11) is 0. The van der Waals surface area contributed by atoms with E-state index in [1.807, 2.05) is 18.2 Å². The van der Waals surface area contributed by atoms with Crippen molar-refractivity contribution in [1.82, 2.24) is 10.2 Å². The van der Waals surface area contributed by atoms with Gasteiger partial charge in [0.25, 0.3) is 0 Å². The van der Waals surface area contributed by atoms with Crippen molar-refractivity contribution in [3.05, 3.63) is 40.4 Å². The number of aromatic nitrogens is 2. The van der Waals surface area contributed by atoms with E-state index >= 15 is 0 Å². The van der Waals surface area contributed by atoms with Crippen LogP contribution in [0.15, 0.2) is 34.8 Å². The van der Waals surface area contributed by atoms with E-state index in [1.54, 1.807) is 0 Å². The van der Waals surface area contributed by atoms with Crippen molar-refractivity contribution < 1.29 is 0 Å². The quantitative estimate of drug-likeness (QED) is 0.930. The van der Waals surface area contributed by atoms with Crippen molar-refractivity contribution in [3.63, 3.8) is 0 Å². The molecule has 0 atom stereocenters. The Morgan fingerprint density at radius 3 is 2.44 bits per heavy atom. The van der Waals surface area contributed by atoms with Crippen molar-refractivity contribution in [2.45, 2.75) is 26.8 Å². The highest BCUT2D eigenvalue weighted by Gasteiger charge is 2.05. The number of benzene rings is 1. The fraction of sp³-hybridized carbons (Fsp3) is 0.286. The topological polar surface area (TPSA) is 37.8 Å². The number of halogens is 1. The molecule has 0 saturated carbocycles. The van der Waals surface area contributed by atoms with E-state index in [-0.39, 0.29) is 0 Å². The van der Waals surface area contributed by atoms with Gasteiger partial charge in [-0.1, -0.05) is 22.0 Å². The molecule has 18 heavy (non-hydrogen) atoms. The number of aryl methyl sites for hydroxylation is 1. The second-order valence-electron chi connectivity index (χ2n) is 4.56. The van der Waals surface area contributed by atoms with Crippen molar-refractivity contribution in [2.24, 2.45) is 0 Å². The van der Waals surface area contributed by atoms with E-state index in [4.69, 9.17) is 0 Å². The Bertz CT molecular complexity index is 535. The van der Waals surface area contributed by atoms with Crippen LogP contribution >= 0.6 is 15.9 Å². The van der Waals surface area contributed by atoms with E-state index in [2.05, 4.69) is 64.3 Å². The smallest absolute Gasteiger partial charge is 0.148 e. The zero-order valence-corrected chi connectivity index (χ0v) is 12.3. The van der Waals surface area contributed by atoms with Crippen LogP contribution in [0.2, 0.25) is 0 Å². The highest BCUT2D eigenvalue weighted by atomic mass is 79.9. The first-order valence-corrected chi connectivity index (χ1v) is 6.72. The summed E-state index contributed by atoms with van der Waals surface area (Å²) >= 11 is 3.46. The number of hydrogen-bond acceptors (Lipinski definition) is 3. The molecule has 0 fully saturated rings. The molecular weight excluding hydrogens is 290 g/mol. The Morgan fingerprint density at radius 1 is 1.11 bits per heavy atom. The molecule has 1 N–H and O–H groups in total. The van der Waals surface area contributed by atoms with Gasteiger partial charge in [-0.15, -0.1) is 10.2 Å². The standard InChI is InChI=1S/C14H16BrN3/c1-9(2)16-14-7-6-13(17-18-14)12-5-4-11(15)8-10(12)3/h4-9H,1-3H3,(H,16,18). The molecular formula is C14H16BrN3. The summed E-state index contributed by atoms with van der Waals surface area (Å²) in [5.41, 5.74) is 3.19. The van der Waals surface area contributed by atoms with Gasteiger partial charge in [-0.3, -0.25) is 0 Å². The lowest BCUT2D eigenvalue weighted by Gasteiger charge is -2.09. The molecule has 1 aromatic carbocycles. The molecule has 0 aliphatic heterocycles. The first-order chi connectivity index (χ1) is 8.56. The van der Waals surface area contributed by atoms with Crippen LogP contribution in [-0.2, 0) is 0 Å². The second kappa shape index (κ2) is 5.48. The van der Waals surface area contributed by atoms with Crippen molar-refractivity contribution in [3.8, 4) is 11.3 Å². The van der Waals surface area contributed by atoms with Crippen LogP contribution in [0, 0.1) is 6.92 Å². The van der Waals surface area contributed by atoms with Gasteiger partial charge in [-0.2, -0.15) is 0 Å². The summed E-state index contributed by atoms with van der Waals surface area (Å²) in [6, 6.07) is 10.5. The summed E-state index contributed by atoms with van der Waals surface area (Å²) in [4.78, 5) is 0. The molecule has 94 valence electrons. The summed E-state index contributed by atoms with van der Waals surface area (Å²) < 4.78 is 1.08. The van der Waals surface area contributed by atoms with E-state index in [0.717, 1.165) is 21.5 Å². The average Bonchev–Trinajstić information content (AvgIpc) is 2.30. The van der Waals surface area contributed by atoms with Crippen LogP contribution in [0.5, 0.6) is 0 Å². The molecule has 1 heterocycles. The second-order valence-corrected chi connectivity index (χ2v) is 5.48. The first-order valence-electron chi connectivity index (χ1n) is 5.93. The first kappa shape index (κ1) is 13.0. The lowest BCUT2D eigenvalue weighted by atomic mass is 10.1. The third kappa shape index (κ3) is 3.07. The number of nitrogens with zero attached hydrogens (tertiary/aromatic N) is 2. The highest BCUT2D eigenvalue weighted by Crippen LogP contribution is 2.24. The third-order valence-corrected chi connectivity index (χ3v) is 3.06. The fourth-order valence-electron chi connectivity index (χ4n) is 1.76. The SMILES string of the molecule is Cc1cc(Br)ccc1-c1ccc(NC(C)C)nn1. The molecule has 2 aromatic rings. The Balaban J connectivity index is 2.28. The third-order valence-electron chi connectivity index (χ3n) is 2.57. The molecule has 0 bridgehead atoms. The van der Waals surface area contributed by atoms with Crippen molar-refractivity contribution >= 4 is 21.7 Å². The van der Waals surface area contributed by atoms with E-state index in [1.165, 1.54) is 5.56 Å². The zero-order valence-electron chi connectivity index (χ0n) is 10.7. The molecule has 1 aromatic heterocycles. The molecule has 0 radical (unpaired) electrons. The minimum absolute atomic E-state index is 0.361. The monoisotopic (exact) mass is 305 g/mol. The van der Waals surface area contributed by atoms with Gasteiger partial charge in [0.05, 0.1) is 5.69 Å².